The van der Waals surface area contributed by atoms with Crippen molar-refractivity contribution in [3.8, 4) is 5.95 Å². The fourth-order valence-electron chi connectivity index (χ4n) is 2.92. The van der Waals surface area contributed by atoms with Gasteiger partial charge in [0.25, 0.3) is 5.95 Å². The molecule has 0 atom stereocenters. The molecule has 0 saturated carbocycles. The molecule has 0 bridgehead atoms. The summed E-state index contributed by atoms with van der Waals surface area (Å²) in [4.78, 5) is 33.2. The Kier molecular flexibility index (Phi) is 5.55. The zero-order valence-corrected chi connectivity index (χ0v) is 16.9. The number of carboxylic acids is 1. The Morgan fingerprint density at radius 3 is 2.43 bits per heavy atom. The molecule has 3 rings (SSSR count). The van der Waals surface area contributed by atoms with Gasteiger partial charge in [0.2, 0.25) is 5.91 Å². The van der Waals surface area contributed by atoms with Crippen LogP contribution in [0.2, 0.25) is 0 Å². The van der Waals surface area contributed by atoms with E-state index in [1.54, 1.807) is 10.7 Å². The predicted octanol–water partition coefficient (Wildman–Crippen LogP) is 2.51. The van der Waals surface area contributed by atoms with Crippen molar-refractivity contribution < 1.29 is 14.7 Å². The second-order valence-corrected chi connectivity index (χ2v) is 7.70. The minimum absolute atomic E-state index is 0.155. The highest BCUT2D eigenvalue weighted by Crippen LogP contribution is 2.18. The van der Waals surface area contributed by atoms with Crippen LogP contribution in [0.15, 0.2) is 18.2 Å². The number of nitrogens with zero attached hydrogens (tertiary/aromatic N) is 4. The number of hydrogen-bond acceptors (Lipinski definition) is 6. The summed E-state index contributed by atoms with van der Waals surface area (Å²) in [7, 11) is 0. The molecule has 0 aliphatic rings. The normalized spacial score (nSPS) is 10.9. The molecule has 0 radical (unpaired) electrons. The van der Waals surface area contributed by atoms with E-state index in [1.165, 1.54) is 6.07 Å². The van der Waals surface area contributed by atoms with Gasteiger partial charge in [0.1, 0.15) is 4.88 Å². The standard InChI is InChI=1S/C19H21N5O3S/c1-10-7-11(2)22-19(21-10)24-13(4)15(12(3)23-24)8-17(25)20-9-14-5-6-16(28-14)18(26)27/h5-7H,8-9H2,1-4H3,(H,20,25)(H,26,27). The molecule has 3 aromatic heterocycles. The van der Waals surface area contributed by atoms with Crippen LogP contribution in [0.25, 0.3) is 5.95 Å². The Morgan fingerprint density at radius 2 is 1.82 bits per heavy atom. The van der Waals surface area contributed by atoms with E-state index in [9.17, 15) is 9.59 Å². The van der Waals surface area contributed by atoms with Crippen molar-refractivity contribution in [1.82, 2.24) is 25.1 Å². The molecule has 0 fully saturated rings. The van der Waals surface area contributed by atoms with Crippen LogP contribution in [-0.4, -0.2) is 36.7 Å². The largest absolute Gasteiger partial charge is 0.477 e. The molecule has 0 aromatic carbocycles. The lowest BCUT2D eigenvalue weighted by molar-refractivity contribution is -0.120. The summed E-state index contributed by atoms with van der Waals surface area (Å²) in [5.41, 5.74) is 4.11. The number of carboxylic acid groups (broad SMARTS) is 1. The number of nitrogens with one attached hydrogen (secondary N) is 1. The number of hydrogen-bond donors (Lipinski definition) is 2. The maximum atomic E-state index is 12.4. The Bertz CT molecular complexity index is 1030. The average Bonchev–Trinajstić information content (AvgIpc) is 3.19. The van der Waals surface area contributed by atoms with Crippen LogP contribution in [0.5, 0.6) is 0 Å². The monoisotopic (exact) mass is 399 g/mol. The van der Waals surface area contributed by atoms with Crippen molar-refractivity contribution in [2.24, 2.45) is 0 Å². The molecule has 146 valence electrons. The van der Waals surface area contributed by atoms with E-state index in [1.807, 2.05) is 33.8 Å². The SMILES string of the molecule is Cc1cc(C)nc(-n2nc(C)c(CC(=O)NCc3ccc(C(=O)O)s3)c2C)n1. The van der Waals surface area contributed by atoms with Crippen LogP contribution < -0.4 is 5.32 Å². The molecule has 28 heavy (non-hydrogen) atoms. The molecule has 0 saturated heterocycles. The Labute approximate surface area is 166 Å². The molecule has 3 heterocycles. The first-order valence-corrected chi connectivity index (χ1v) is 9.52. The van der Waals surface area contributed by atoms with Crippen molar-refractivity contribution in [2.75, 3.05) is 0 Å². The third-order valence-electron chi connectivity index (χ3n) is 4.27. The average molecular weight is 399 g/mol. The minimum atomic E-state index is -0.963. The van der Waals surface area contributed by atoms with Gasteiger partial charge in [-0.05, 0) is 45.9 Å². The molecule has 0 unspecified atom stereocenters. The van der Waals surface area contributed by atoms with E-state index in [0.717, 1.165) is 44.6 Å². The van der Waals surface area contributed by atoms with Crippen molar-refractivity contribution in [3.05, 3.63) is 56.3 Å². The van der Waals surface area contributed by atoms with Crippen molar-refractivity contribution in [2.45, 2.75) is 40.7 Å². The summed E-state index contributed by atoms with van der Waals surface area (Å²) in [5.74, 6) is -0.628. The van der Waals surface area contributed by atoms with Gasteiger partial charge in [0, 0.05) is 27.5 Å². The van der Waals surface area contributed by atoms with Gasteiger partial charge in [-0.3, -0.25) is 4.79 Å². The molecule has 8 nitrogen and oxygen atoms in total. The number of aromatic carboxylic acids is 1. The molecular formula is C19H21N5O3S. The maximum absolute atomic E-state index is 12.4. The zero-order chi connectivity index (χ0) is 20.4. The summed E-state index contributed by atoms with van der Waals surface area (Å²) in [6.07, 6.45) is 0.180. The summed E-state index contributed by atoms with van der Waals surface area (Å²) < 4.78 is 1.66. The highest BCUT2D eigenvalue weighted by molar-refractivity contribution is 7.13. The Morgan fingerprint density at radius 1 is 1.14 bits per heavy atom. The Hall–Kier alpha value is -3.07. The molecular weight excluding hydrogens is 378 g/mol. The quantitative estimate of drug-likeness (QED) is 0.659. The van der Waals surface area contributed by atoms with E-state index >= 15 is 0 Å². The molecule has 0 aliphatic heterocycles. The summed E-state index contributed by atoms with van der Waals surface area (Å²) in [5, 5.41) is 16.3. The van der Waals surface area contributed by atoms with E-state index in [4.69, 9.17) is 5.11 Å². The number of amides is 1. The van der Waals surface area contributed by atoms with E-state index in [2.05, 4.69) is 20.4 Å². The number of carbonyl (C=O) groups is 2. The second kappa shape index (κ2) is 7.89. The summed E-state index contributed by atoms with van der Waals surface area (Å²) in [6.45, 7) is 7.84. The highest BCUT2D eigenvalue weighted by atomic mass is 32.1. The lowest BCUT2D eigenvalue weighted by atomic mass is 10.1. The topological polar surface area (TPSA) is 110 Å². The number of rotatable bonds is 6. The summed E-state index contributed by atoms with van der Waals surface area (Å²) >= 11 is 1.15. The van der Waals surface area contributed by atoms with Gasteiger partial charge in [-0.15, -0.1) is 11.3 Å². The van der Waals surface area contributed by atoms with E-state index in [0.29, 0.717) is 12.5 Å². The molecule has 0 spiro atoms. The number of thiophene rings is 1. The van der Waals surface area contributed by atoms with Crippen LogP contribution in [0.1, 0.15) is 42.9 Å². The first-order chi connectivity index (χ1) is 13.2. The van der Waals surface area contributed by atoms with Crippen LogP contribution >= 0.6 is 11.3 Å². The van der Waals surface area contributed by atoms with E-state index in [-0.39, 0.29) is 17.2 Å². The lowest BCUT2D eigenvalue weighted by Gasteiger charge is -2.06. The first-order valence-electron chi connectivity index (χ1n) is 8.71. The van der Waals surface area contributed by atoms with Crippen LogP contribution in [-0.2, 0) is 17.8 Å². The van der Waals surface area contributed by atoms with Gasteiger partial charge in [-0.2, -0.15) is 5.10 Å². The van der Waals surface area contributed by atoms with Gasteiger partial charge in [0.15, 0.2) is 0 Å². The van der Waals surface area contributed by atoms with Crippen molar-refractivity contribution in [1.29, 1.82) is 0 Å². The first kappa shape index (κ1) is 19.7. The maximum Gasteiger partial charge on any atom is 0.345 e. The number of aromatic nitrogens is 4. The van der Waals surface area contributed by atoms with Gasteiger partial charge < -0.3 is 10.4 Å². The molecule has 9 heteroatoms. The number of carbonyl (C=O) groups excluding carboxylic acids is 1. The molecule has 2 N–H and O–H groups in total. The smallest absolute Gasteiger partial charge is 0.345 e. The zero-order valence-electron chi connectivity index (χ0n) is 16.1. The third kappa shape index (κ3) is 4.25. The van der Waals surface area contributed by atoms with Gasteiger partial charge in [-0.25, -0.2) is 19.4 Å². The van der Waals surface area contributed by atoms with Crippen molar-refractivity contribution in [3.63, 3.8) is 0 Å². The predicted molar refractivity (Wildman–Crippen MR) is 105 cm³/mol. The lowest BCUT2D eigenvalue weighted by Crippen LogP contribution is -2.24. The van der Waals surface area contributed by atoms with Gasteiger partial charge >= 0.3 is 5.97 Å². The van der Waals surface area contributed by atoms with Crippen LogP contribution in [0.3, 0.4) is 0 Å². The van der Waals surface area contributed by atoms with E-state index < -0.39 is 5.97 Å². The Balaban J connectivity index is 1.72. The fraction of sp³-hybridized carbons (Fsp3) is 0.316. The third-order valence-corrected chi connectivity index (χ3v) is 5.34. The minimum Gasteiger partial charge on any atom is -0.477 e. The molecule has 0 aliphatic carbocycles. The van der Waals surface area contributed by atoms with Crippen molar-refractivity contribution >= 4 is 23.2 Å². The van der Waals surface area contributed by atoms with Crippen LogP contribution in [0.4, 0.5) is 0 Å². The van der Waals surface area contributed by atoms with Crippen LogP contribution in [0, 0.1) is 27.7 Å². The highest BCUT2D eigenvalue weighted by Gasteiger charge is 2.18. The van der Waals surface area contributed by atoms with Gasteiger partial charge in [-0.1, -0.05) is 0 Å². The molecule has 1 amide bonds. The second-order valence-electron chi connectivity index (χ2n) is 6.54. The number of aryl methyl sites for hydroxylation is 3. The molecule has 3 aromatic rings. The summed E-state index contributed by atoms with van der Waals surface area (Å²) in [6, 6.07) is 5.14. The fourth-order valence-corrected chi connectivity index (χ4v) is 3.71. The van der Waals surface area contributed by atoms with Gasteiger partial charge in [0.05, 0.1) is 18.7 Å².